The normalized spacial score (nSPS) is 18.5. The van der Waals surface area contributed by atoms with Crippen LogP contribution < -0.4 is 9.47 Å². The van der Waals surface area contributed by atoms with Crippen LogP contribution in [0.5, 0.6) is 11.5 Å². The molecule has 0 aromatic heterocycles. The maximum absolute atomic E-state index is 12.8. The lowest BCUT2D eigenvalue weighted by atomic mass is 10.1. The molecule has 0 saturated carbocycles. The summed E-state index contributed by atoms with van der Waals surface area (Å²) in [5.41, 5.74) is 9.34. The van der Waals surface area contributed by atoms with Gasteiger partial charge in [-0.05, 0) is 24.4 Å². The van der Waals surface area contributed by atoms with Gasteiger partial charge in [0, 0.05) is 30.3 Å². The Kier molecular flexibility index (Phi) is 5.20. The lowest BCUT2D eigenvalue weighted by molar-refractivity contribution is 0.0774. The number of carbonyl (C=O) groups excluding carboxylic acids is 1. The Hall–Kier alpha value is -2.99. The summed E-state index contributed by atoms with van der Waals surface area (Å²) in [6.07, 6.45) is 7.25. The molecule has 130 valence electrons. The Morgan fingerprint density at radius 2 is 2.32 bits per heavy atom. The summed E-state index contributed by atoms with van der Waals surface area (Å²) in [4.78, 5) is 21.8. The predicted molar refractivity (Wildman–Crippen MR) is 93.9 cm³/mol. The van der Waals surface area contributed by atoms with Crippen molar-refractivity contribution >= 4 is 17.8 Å². The van der Waals surface area contributed by atoms with E-state index in [1.165, 1.54) is 7.11 Å². The first-order valence-corrected chi connectivity index (χ1v) is 8.10. The van der Waals surface area contributed by atoms with Gasteiger partial charge in [0.25, 0.3) is 5.91 Å². The molecule has 2 aliphatic rings. The van der Waals surface area contributed by atoms with Crippen LogP contribution in [0.3, 0.4) is 0 Å². The van der Waals surface area contributed by atoms with Crippen LogP contribution >= 0.6 is 0 Å². The zero-order valence-electron chi connectivity index (χ0n) is 14.0. The van der Waals surface area contributed by atoms with Crippen molar-refractivity contribution in [3.8, 4) is 11.5 Å². The Bertz CT molecular complexity index is 768. The maximum atomic E-state index is 12.8. The Morgan fingerprint density at radius 3 is 3.12 bits per heavy atom. The number of nitrogens with zero attached hydrogens (tertiary/aromatic N) is 5. The highest BCUT2D eigenvalue weighted by atomic mass is 16.5. The van der Waals surface area contributed by atoms with Crippen molar-refractivity contribution in [3.63, 3.8) is 0 Å². The molecule has 2 heterocycles. The number of aliphatic imine (C=N–C) groups is 1. The molecule has 0 bridgehead atoms. The van der Waals surface area contributed by atoms with Gasteiger partial charge in [-0.15, -0.1) is 0 Å². The smallest absolute Gasteiger partial charge is 0.256 e. The van der Waals surface area contributed by atoms with Crippen molar-refractivity contribution in [1.29, 1.82) is 0 Å². The van der Waals surface area contributed by atoms with Crippen molar-refractivity contribution in [3.05, 3.63) is 40.3 Å². The molecule has 1 fully saturated rings. The molecule has 1 aromatic rings. The molecule has 2 aliphatic heterocycles. The highest BCUT2D eigenvalue weighted by molar-refractivity contribution is 6.03. The topological polar surface area (TPSA) is 99.9 Å². The van der Waals surface area contributed by atoms with Crippen molar-refractivity contribution in [2.75, 3.05) is 26.8 Å². The highest BCUT2D eigenvalue weighted by Crippen LogP contribution is 2.37. The maximum Gasteiger partial charge on any atom is 0.256 e. The van der Waals surface area contributed by atoms with Gasteiger partial charge in [0.2, 0.25) is 0 Å². The molecule has 1 aromatic carbocycles. The SMILES string of the molecule is COc1cc2c(cc1OC/C=C/CN=[N+]=[N-])N=C[C@@H]1CCCN1C2=O. The van der Waals surface area contributed by atoms with E-state index in [9.17, 15) is 4.79 Å². The fraction of sp³-hybridized carbons (Fsp3) is 0.412. The van der Waals surface area contributed by atoms with E-state index in [0.717, 1.165) is 19.4 Å². The molecule has 1 saturated heterocycles. The van der Waals surface area contributed by atoms with Crippen LogP contribution in [0.15, 0.2) is 34.4 Å². The van der Waals surface area contributed by atoms with Crippen molar-refractivity contribution < 1.29 is 14.3 Å². The van der Waals surface area contributed by atoms with Gasteiger partial charge in [0.05, 0.1) is 24.4 Å². The van der Waals surface area contributed by atoms with Crippen molar-refractivity contribution in [1.82, 2.24) is 4.90 Å². The Labute approximate surface area is 145 Å². The molecular weight excluding hydrogens is 322 g/mol. The molecule has 0 N–H and O–H groups in total. The second-order valence-electron chi connectivity index (χ2n) is 5.70. The second-order valence-corrected chi connectivity index (χ2v) is 5.70. The fourth-order valence-electron chi connectivity index (χ4n) is 2.98. The average Bonchev–Trinajstić information content (AvgIpc) is 3.06. The van der Waals surface area contributed by atoms with E-state index >= 15 is 0 Å². The minimum atomic E-state index is -0.0193. The average molecular weight is 341 g/mol. The Balaban J connectivity index is 1.82. The minimum Gasteiger partial charge on any atom is -0.493 e. The van der Waals surface area contributed by atoms with Gasteiger partial charge >= 0.3 is 0 Å². The fourth-order valence-corrected chi connectivity index (χ4v) is 2.98. The number of hydrogen-bond acceptors (Lipinski definition) is 5. The summed E-state index contributed by atoms with van der Waals surface area (Å²) in [6.45, 7) is 1.32. The number of methoxy groups -OCH3 is 1. The van der Waals surface area contributed by atoms with Crippen LogP contribution in [0.25, 0.3) is 10.4 Å². The third kappa shape index (κ3) is 3.59. The summed E-state index contributed by atoms with van der Waals surface area (Å²) in [6, 6.07) is 3.49. The first kappa shape index (κ1) is 16.9. The quantitative estimate of drug-likeness (QED) is 0.343. The predicted octanol–water partition coefficient (Wildman–Crippen LogP) is 3.26. The summed E-state index contributed by atoms with van der Waals surface area (Å²) in [5.74, 6) is 0.985. The molecule has 1 amide bonds. The lowest BCUT2D eigenvalue weighted by Crippen LogP contribution is -2.35. The number of ether oxygens (including phenoxy) is 2. The van der Waals surface area contributed by atoms with Gasteiger partial charge in [0.15, 0.2) is 11.5 Å². The van der Waals surface area contributed by atoms with Gasteiger partial charge in [-0.1, -0.05) is 17.3 Å². The van der Waals surface area contributed by atoms with Crippen LogP contribution in [0, 0.1) is 0 Å². The van der Waals surface area contributed by atoms with E-state index < -0.39 is 0 Å². The summed E-state index contributed by atoms with van der Waals surface area (Å²) >= 11 is 0. The van der Waals surface area contributed by atoms with E-state index in [1.807, 2.05) is 11.1 Å². The molecule has 0 unspecified atom stereocenters. The van der Waals surface area contributed by atoms with Crippen molar-refractivity contribution in [2.45, 2.75) is 18.9 Å². The number of carbonyl (C=O) groups is 1. The third-order valence-corrected chi connectivity index (χ3v) is 4.21. The molecule has 0 aliphatic carbocycles. The van der Waals surface area contributed by atoms with Gasteiger partial charge in [-0.3, -0.25) is 9.79 Å². The first-order valence-electron chi connectivity index (χ1n) is 8.10. The number of benzene rings is 1. The molecular formula is C17H19N5O3. The second kappa shape index (κ2) is 7.72. The monoisotopic (exact) mass is 341 g/mol. The minimum absolute atomic E-state index is 0.0193. The van der Waals surface area contributed by atoms with Crippen LogP contribution in [-0.2, 0) is 0 Å². The van der Waals surface area contributed by atoms with Crippen LogP contribution in [-0.4, -0.2) is 49.9 Å². The van der Waals surface area contributed by atoms with Crippen LogP contribution in [0.2, 0.25) is 0 Å². The van der Waals surface area contributed by atoms with E-state index in [1.54, 1.807) is 24.3 Å². The van der Waals surface area contributed by atoms with Gasteiger partial charge in [0.1, 0.15) is 6.61 Å². The highest BCUT2D eigenvalue weighted by Gasteiger charge is 2.32. The van der Waals surface area contributed by atoms with Crippen LogP contribution in [0.4, 0.5) is 5.69 Å². The summed E-state index contributed by atoms with van der Waals surface area (Å²) < 4.78 is 11.1. The number of amides is 1. The zero-order valence-corrected chi connectivity index (χ0v) is 14.0. The van der Waals surface area contributed by atoms with Gasteiger partial charge in [-0.25, -0.2) is 0 Å². The summed E-state index contributed by atoms with van der Waals surface area (Å²) in [5, 5.41) is 3.41. The van der Waals surface area contributed by atoms with Crippen LogP contribution in [0.1, 0.15) is 23.2 Å². The number of rotatable bonds is 6. The number of azide groups is 1. The standard InChI is InChI=1S/C17H19N5O3/c1-24-15-9-13-14(10-16(15)25-8-3-2-6-20-21-18)19-11-12-5-4-7-22(12)17(13)23/h2-3,9-12H,4-8H2,1H3/b3-2+/t12-/m0/s1. The van der Waals surface area contributed by atoms with E-state index in [4.69, 9.17) is 15.0 Å². The van der Waals surface area contributed by atoms with E-state index in [0.29, 0.717) is 29.4 Å². The molecule has 0 spiro atoms. The third-order valence-electron chi connectivity index (χ3n) is 4.21. The first-order chi connectivity index (χ1) is 12.2. The summed E-state index contributed by atoms with van der Waals surface area (Å²) in [7, 11) is 1.54. The van der Waals surface area contributed by atoms with E-state index in [2.05, 4.69) is 15.0 Å². The molecule has 3 rings (SSSR count). The molecule has 8 nitrogen and oxygen atoms in total. The lowest BCUT2D eigenvalue weighted by Gasteiger charge is -2.20. The largest absolute Gasteiger partial charge is 0.493 e. The number of hydrogen-bond donors (Lipinski definition) is 0. The number of fused-ring (bicyclic) bond motifs is 2. The molecule has 8 heteroatoms. The molecule has 25 heavy (non-hydrogen) atoms. The molecule has 1 atom stereocenters. The zero-order chi connectivity index (χ0) is 17.6. The van der Waals surface area contributed by atoms with Gasteiger partial charge in [-0.2, -0.15) is 0 Å². The molecule has 0 radical (unpaired) electrons. The van der Waals surface area contributed by atoms with Gasteiger partial charge < -0.3 is 14.4 Å². The Morgan fingerprint density at radius 1 is 1.44 bits per heavy atom. The van der Waals surface area contributed by atoms with Crippen molar-refractivity contribution in [2.24, 2.45) is 10.1 Å². The van der Waals surface area contributed by atoms with E-state index in [-0.39, 0.29) is 18.5 Å².